The number of thiophene rings is 1. The monoisotopic (exact) mass is 225 g/mol. The smallest absolute Gasteiger partial charge is 0.0712 e. The average molecular weight is 225 g/mol. The van der Waals surface area contributed by atoms with Crippen LogP contribution in [0.2, 0.25) is 0 Å². The van der Waals surface area contributed by atoms with Crippen molar-refractivity contribution in [2.45, 2.75) is 44.8 Å². The van der Waals surface area contributed by atoms with Crippen molar-refractivity contribution in [2.75, 3.05) is 6.54 Å². The minimum absolute atomic E-state index is 0.228. The topological polar surface area (TPSA) is 32.3 Å². The number of hydrogen-bond donors (Lipinski definition) is 2. The highest BCUT2D eigenvalue weighted by Crippen LogP contribution is 2.20. The van der Waals surface area contributed by atoms with Crippen molar-refractivity contribution in [3.63, 3.8) is 0 Å². The Kier molecular flexibility index (Phi) is 3.78. The second-order valence-corrected chi connectivity index (χ2v) is 5.51. The predicted octanol–water partition coefficient (Wildman–Crippen LogP) is 1.97. The van der Waals surface area contributed by atoms with Gasteiger partial charge in [-0.05, 0) is 31.4 Å². The molecule has 3 heteroatoms. The Morgan fingerprint density at radius 1 is 1.47 bits per heavy atom. The number of aliphatic hydroxyl groups excluding tert-OH is 1. The lowest BCUT2D eigenvalue weighted by Crippen LogP contribution is -2.29. The van der Waals surface area contributed by atoms with E-state index in [0.717, 1.165) is 19.4 Å². The number of nitrogens with one attached hydrogen (secondary N) is 1. The Bertz CT molecular complexity index is 306. The van der Waals surface area contributed by atoms with E-state index in [9.17, 15) is 5.11 Å². The average Bonchev–Trinajstić information content (AvgIpc) is 2.96. The van der Waals surface area contributed by atoms with E-state index in [4.69, 9.17) is 0 Å². The molecule has 0 spiro atoms. The van der Waals surface area contributed by atoms with E-state index in [2.05, 4.69) is 24.4 Å². The molecule has 0 amide bonds. The minimum atomic E-state index is -0.228. The zero-order valence-corrected chi connectivity index (χ0v) is 10.0. The normalized spacial score (nSPS) is 18.0. The van der Waals surface area contributed by atoms with Gasteiger partial charge in [-0.15, -0.1) is 11.3 Å². The van der Waals surface area contributed by atoms with E-state index in [1.807, 2.05) is 11.3 Å². The molecule has 1 aromatic heterocycles. The van der Waals surface area contributed by atoms with E-state index < -0.39 is 0 Å². The van der Waals surface area contributed by atoms with Crippen molar-refractivity contribution in [3.05, 3.63) is 21.9 Å². The fourth-order valence-electron chi connectivity index (χ4n) is 1.62. The fraction of sp³-hybridized carbons (Fsp3) is 0.667. The van der Waals surface area contributed by atoms with Crippen LogP contribution in [-0.4, -0.2) is 23.8 Å². The third-order valence-electron chi connectivity index (χ3n) is 2.72. The van der Waals surface area contributed by atoms with Crippen LogP contribution in [0.15, 0.2) is 12.1 Å². The van der Waals surface area contributed by atoms with Crippen LogP contribution in [0.5, 0.6) is 0 Å². The number of rotatable bonds is 6. The van der Waals surface area contributed by atoms with Crippen molar-refractivity contribution in [3.8, 4) is 0 Å². The van der Waals surface area contributed by atoms with Crippen molar-refractivity contribution in [2.24, 2.45) is 0 Å². The van der Waals surface area contributed by atoms with Crippen molar-refractivity contribution < 1.29 is 5.11 Å². The largest absolute Gasteiger partial charge is 0.391 e. The molecule has 1 aromatic rings. The highest BCUT2D eigenvalue weighted by atomic mass is 32.1. The molecule has 1 aliphatic rings. The minimum Gasteiger partial charge on any atom is -0.391 e. The van der Waals surface area contributed by atoms with Gasteiger partial charge in [0, 0.05) is 28.8 Å². The maximum Gasteiger partial charge on any atom is 0.0712 e. The lowest BCUT2D eigenvalue weighted by molar-refractivity contribution is 0.172. The summed E-state index contributed by atoms with van der Waals surface area (Å²) in [5.74, 6) is 0. The van der Waals surface area contributed by atoms with E-state index in [1.165, 1.54) is 22.6 Å². The molecule has 0 saturated heterocycles. The zero-order chi connectivity index (χ0) is 10.7. The summed E-state index contributed by atoms with van der Waals surface area (Å²) >= 11 is 1.82. The molecule has 1 aliphatic carbocycles. The van der Waals surface area contributed by atoms with E-state index >= 15 is 0 Å². The molecular weight excluding hydrogens is 206 g/mol. The van der Waals surface area contributed by atoms with Crippen molar-refractivity contribution in [1.29, 1.82) is 0 Å². The molecule has 1 saturated carbocycles. The summed E-state index contributed by atoms with van der Waals surface area (Å²) in [7, 11) is 0. The second-order valence-electron chi connectivity index (χ2n) is 4.26. The van der Waals surface area contributed by atoms with Gasteiger partial charge >= 0.3 is 0 Å². The van der Waals surface area contributed by atoms with Gasteiger partial charge in [-0.2, -0.15) is 0 Å². The number of aryl methyl sites for hydroxylation is 1. The highest BCUT2D eigenvalue weighted by Gasteiger charge is 2.21. The summed E-state index contributed by atoms with van der Waals surface area (Å²) in [5, 5.41) is 13.2. The molecule has 15 heavy (non-hydrogen) atoms. The molecular formula is C12H19NOS. The highest BCUT2D eigenvalue weighted by molar-refractivity contribution is 7.11. The molecule has 0 bridgehead atoms. The van der Waals surface area contributed by atoms with Gasteiger partial charge in [-0.25, -0.2) is 0 Å². The molecule has 84 valence electrons. The molecule has 0 aliphatic heterocycles. The Morgan fingerprint density at radius 3 is 2.80 bits per heavy atom. The standard InChI is InChI=1S/C12H19NOS/c1-2-11-5-6-12(15-11)7-10(14)8-13-9-3-4-9/h5-6,9-10,13-14H,2-4,7-8H2,1H3. The molecule has 1 heterocycles. The van der Waals surface area contributed by atoms with Gasteiger partial charge in [0.15, 0.2) is 0 Å². The summed E-state index contributed by atoms with van der Waals surface area (Å²) < 4.78 is 0. The maximum atomic E-state index is 9.81. The Hall–Kier alpha value is -0.380. The SMILES string of the molecule is CCc1ccc(CC(O)CNC2CC2)s1. The first-order valence-electron chi connectivity index (χ1n) is 5.77. The Morgan fingerprint density at radius 2 is 2.20 bits per heavy atom. The first-order valence-corrected chi connectivity index (χ1v) is 6.58. The quantitative estimate of drug-likeness (QED) is 0.776. The summed E-state index contributed by atoms with van der Waals surface area (Å²) in [4.78, 5) is 2.71. The van der Waals surface area contributed by atoms with Crippen LogP contribution in [0, 0.1) is 0 Å². The van der Waals surface area contributed by atoms with Crippen LogP contribution >= 0.6 is 11.3 Å². The van der Waals surface area contributed by atoms with Gasteiger partial charge < -0.3 is 10.4 Å². The molecule has 1 atom stereocenters. The summed E-state index contributed by atoms with van der Waals surface area (Å²) in [5.41, 5.74) is 0. The second kappa shape index (κ2) is 5.10. The molecule has 1 unspecified atom stereocenters. The zero-order valence-electron chi connectivity index (χ0n) is 9.20. The van der Waals surface area contributed by atoms with Gasteiger partial charge in [0.2, 0.25) is 0 Å². The summed E-state index contributed by atoms with van der Waals surface area (Å²) in [6, 6.07) is 5.00. The number of aliphatic hydroxyl groups is 1. The molecule has 0 aromatic carbocycles. The molecule has 2 nitrogen and oxygen atoms in total. The first-order chi connectivity index (χ1) is 7.28. The van der Waals surface area contributed by atoms with Gasteiger partial charge in [0.05, 0.1) is 6.10 Å². The lowest BCUT2D eigenvalue weighted by Gasteiger charge is -2.09. The third-order valence-corrected chi connectivity index (χ3v) is 3.97. The van der Waals surface area contributed by atoms with Crippen LogP contribution in [0.4, 0.5) is 0 Å². The Labute approximate surface area is 95.3 Å². The first kappa shape index (κ1) is 11.1. The predicted molar refractivity (Wildman–Crippen MR) is 64.4 cm³/mol. The lowest BCUT2D eigenvalue weighted by atomic mass is 10.2. The van der Waals surface area contributed by atoms with Crippen LogP contribution in [0.1, 0.15) is 29.5 Å². The van der Waals surface area contributed by atoms with Crippen LogP contribution in [0.3, 0.4) is 0 Å². The summed E-state index contributed by atoms with van der Waals surface area (Å²) in [6.45, 7) is 2.91. The van der Waals surface area contributed by atoms with Crippen molar-refractivity contribution in [1.82, 2.24) is 5.32 Å². The summed E-state index contributed by atoms with van der Waals surface area (Å²) in [6.07, 6.45) is 4.23. The van der Waals surface area contributed by atoms with Gasteiger partial charge in [-0.1, -0.05) is 6.92 Å². The van der Waals surface area contributed by atoms with Crippen LogP contribution in [-0.2, 0) is 12.8 Å². The molecule has 2 N–H and O–H groups in total. The Balaban J connectivity index is 1.73. The van der Waals surface area contributed by atoms with E-state index in [1.54, 1.807) is 0 Å². The molecule has 2 rings (SSSR count). The van der Waals surface area contributed by atoms with Gasteiger partial charge in [0.1, 0.15) is 0 Å². The third kappa shape index (κ3) is 3.59. The van der Waals surface area contributed by atoms with Crippen LogP contribution in [0.25, 0.3) is 0 Å². The molecule has 0 radical (unpaired) electrons. The fourth-order valence-corrected chi connectivity index (χ4v) is 2.65. The number of hydrogen-bond acceptors (Lipinski definition) is 3. The van der Waals surface area contributed by atoms with Crippen LogP contribution < -0.4 is 5.32 Å². The van der Waals surface area contributed by atoms with Crippen molar-refractivity contribution >= 4 is 11.3 Å². The van der Waals surface area contributed by atoms with Gasteiger partial charge in [-0.3, -0.25) is 0 Å². The molecule has 1 fully saturated rings. The maximum absolute atomic E-state index is 9.81. The van der Waals surface area contributed by atoms with E-state index in [0.29, 0.717) is 6.04 Å². The van der Waals surface area contributed by atoms with E-state index in [-0.39, 0.29) is 6.10 Å². The van der Waals surface area contributed by atoms with Gasteiger partial charge in [0.25, 0.3) is 0 Å².